The topological polar surface area (TPSA) is 0 Å². The lowest BCUT2D eigenvalue weighted by atomic mass is 9.79. The summed E-state index contributed by atoms with van der Waals surface area (Å²) >= 11 is 0. The number of aryl methyl sites for hydroxylation is 1. The largest absolute Gasteiger partial charge is 0.0654 e. The zero-order valence-corrected chi connectivity index (χ0v) is 14.3. The number of fused-ring (bicyclic) bond motifs is 1. The first-order valence-electron chi connectivity index (χ1n) is 9.29. The van der Waals surface area contributed by atoms with Crippen LogP contribution in [0.3, 0.4) is 0 Å². The number of hydrogen-bond donors (Lipinski definition) is 0. The van der Waals surface area contributed by atoms with Gasteiger partial charge in [-0.2, -0.15) is 0 Å². The zero-order chi connectivity index (χ0) is 15.4. The van der Waals surface area contributed by atoms with E-state index in [1.54, 1.807) is 5.56 Å². The van der Waals surface area contributed by atoms with E-state index in [2.05, 4.69) is 50.2 Å². The van der Waals surface area contributed by atoms with Gasteiger partial charge in [0.1, 0.15) is 0 Å². The molecule has 0 bridgehead atoms. The Morgan fingerprint density at radius 3 is 2.36 bits per heavy atom. The van der Waals surface area contributed by atoms with Crippen LogP contribution in [0.1, 0.15) is 75.8 Å². The van der Waals surface area contributed by atoms with Crippen molar-refractivity contribution in [2.45, 2.75) is 71.1 Å². The summed E-state index contributed by atoms with van der Waals surface area (Å²) < 4.78 is 0. The number of unbranched alkanes of at least 4 members (excludes halogenated alkanes) is 2. The molecule has 0 saturated heterocycles. The fourth-order valence-electron chi connectivity index (χ4n) is 3.90. The summed E-state index contributed by atoms with van der Waals surface area (Å²) in [7, 11) is 0. The molecule has 1 saturated carbocycles. The van der Waals surface area contributed by atoms with E-state index in [9.17, 15) is 0 Å². The van der Waals surface area contributed by atoms with E-state index in [0.29, 0.717) is 0 Å². The van der Waals surface area contributed by atoms with Gasteiger partial charge in [-0.3, -0.25) is 0 Å². The molecule has 0 unspecified atom stereocenters. The van der Waals surface area contributed by atoms with Crippen LogP contribution in [0, 0.1) is 5.92 Å². The van der Waals surface area contributed by atoms with Gasteiger partial charge in [-0.15, -0.1) is 0 Å². The lowest BCUT2D eigenvalue weighted by molar-refractivity contribution is 0.348. The summed E-state index contributed by atoms with van der Waals surface area (Å²) in [5.41, 5.74) is 3.07. The highest BCUT2D eigenvalue weighted by atomic mass is 14.2. The van der Waals surface area contributed by atoms with Crippen molar-refractivity contribution >= 4 is 10.8 Å². The molecule has 1 aliphatic carbocycles. The first-order chi connectivity index (χ1) is 10.8. The predicted molar refractivity (Wildman–Crippen MR) is 97.6 cm³/mol. The van der Waals surface area contributed by atoms with Crippen LogP contribution in [0.2, 0.25) is 0 Å². The molecule has 3 rings (SSSR count). The molecule has 118 valence electrons. The Balaban J connectivity index is 1.74. The molecule has 0 aromatic heterocycles. The van der Waals surface area contributed by atoms with E-state index >= 15 is 0 Å². The molecule has 0 heterocycles. The molecule has 0 radical (unpaired) electrons. The highest BCUT2D eigenvalue weighted by Gasteiger charge is 2.19. The van der Waals surface area contributed by atoms with Crippen LogP contribution in [-0.2, 0) is 6.42 Å². The Labute approximate surface area is 135 Å². The second-order valence-corrected chi connectivity index (χ2v) is 7.35. The fourth-order valence-corrected chi connectivity index (χ4v) is 3.90. The van der Waals surface area contributed by atoms with Crippen LogP contribution in [0.5, 0.6) is 0 Å². The lowest BCUT2D eigenvalue weighted by Gasteiger charge is -2.26. The normalized spacial score (nSPS) is 22.1. The van der Waals surface area contributed by atoms with Crippen molar-refractivity contribution in [3.05, 3.63) is 47.5 Å². The SMILES string of the molecule is CCCCCc1ccc2cc(C3CCC(C)CC3)ccc2c1. The minimum atomic E-state index is 0.796. The van der Waals surface area contributed by atoms with Gasteiger partial charge in [-0.1, -0.05) is 75.9 Å². The molecule has 0 spiro atoms. The number of benzene rings is 2. The molecule has 0 amide bonds. The van der Waals surface area contributed by atoms with Gasteiger partial charge in [-0.25, -0.2) is 0 Å². The maximum absolute atomic E-state index is 2.45. The van der Waals surface area contributed by atoms with Gasteiger partial charge in [0.15, 0.2) is 0 Å². The Morgan fingerprint density at radius 2 is 1.59 bits per heavy atom. The van der Waals surface area contributed by atoms with Gasteiger partial charge in [0.2, 0.25) is 0 Å². The van der Waals surface area contributed by atoms with Crippen molar-refractivity contribution in [1.29, 1.82) is 0 Å². The van der Waals surface area contributed by atoms with Crippen LogP contribution in [0.15, 0.2) is 36.4 Å². The average molecular weight is 294 g/mol. The summed E-state index contributed by atoms with van der Waals surface area (Å²) in [5, 5.41) is 2.84. The Bertz CT molecular complexity index is 602. The third kappa shape index (κ3) is 3.72. The van der Waals surface area contributed by atoms with Gasteiger partial charge < -0.3 is 0 Å². The average Bonchev–Trinajstić information content (AvgIpc) is 2.55. The van der Waals surface area contributed by atoms with Crippen molar-refractivity contribution < 1.29 is 0 Å². The third-order valence-corrected chi connectivity index (χ3v) is 5.48. The van der Waals surface area contributed by atoms with E-state index in [1.807, 2.05) is 0 Å². The quantitative estimate of drug-likeness (QED) is 0.528. The molecule has 2 aromatic carbocycles. The molecule has 1 aliphatic rings. The van der Waals surface area contributed by atoms with E-state index in [1.165, 1.54) is 67.7 Å². The van der Waals surface area contributed by atoms with Crippen LogP contribution >= 0.6 is 0 Å². The molecule has 1 fully saturated rings. The highest BCUT2D eigenvalue weighted by Crippen LogP contribution is 2.36. The third-order valence-electron chi connectivity index (χ3n) is 5.48. The summed E-state index contributed by atoms with van der Waals surface area (Å²) in [6.07, 6.45) is 10.8. The molecular weight excluding hydrogens is 264 g/mol. The first-order valence-corrected chi connectivity index (χ1v) is 9.29. The Hall–Kier alpha value is -1.30. The molecule has 0 atom stereocenters. The van der Waals surface area contributed by atoms with E-state index in [4.69, 9.17) is 0 Å². The minimum absolute atomic E-state index is 0.796. The molecule has 0 heteroatoms. The summed E-state index contributed by atoms with van der Waals surface area (Å²) in [6, 6.07) is 14.3. The minimum Gasteiger partial charge on any atom is -0.0654 e. The molecule has 0 N–H and O–H groups in total. The van der Waals surface area contributed by atoms with Crippen molar-refractivity contribution in [3.8, 4) is 0 Å². The number of rotatable bonds is 5. The van der Waals surface area contributed by atoms with E-state index in [-0.39, 0.29) is 0 Å². The van der Waals surface area contributed by atoms with Crippen LogP contribution < -0.4 is 0 Å². The second kappa shape index (κ2) is 7.31. The molecule has 2 aromatic rings. The maximum Gasteiger partial charge on any atom is -0.0162 e. The van der Waals surface area contributed by atoms with Crippen LogP contribution in [0.4, 0.5) is 0 Å². The first kappa shape index (κ1) is 15.6. The highest BCUT2D eigenvalue weighted by molar-refractivity contribution is 5.84. The number of hydrogen-bond acceptors (Lipinski definition) is 0. The smallest absolute Gasteiger partial charge is 0.0162 e. The van der Waals surface area contributed by atoms with Gasteiger partial charge in [0.25, 0.3) is 0 Å². The molecule has 22 heavy (non-hydrogen) atoms. The van der Waals surface area contributed by atoms with E-state index in [0.717, 1.165) is 11.8 Å². The Morgan fingerprint density at radius 1 is 0.864 bits per heavy atom. The summed E-state index contributed by atoms with van der Waals surface area (Å²) in [5.74, 6) is 1.73. The standard InChI is InChI=1S/C22H30/c1-3-4-5-6-18-9-12-22-16-21(14-13-20(22)15-18)19-10-7-17(2)8-11-19/h9,12-17,19H,3-8,10-11H2,1-2H3. The van der Waals surface area contributed by atoms with E-state index < -0.39 is 0 Å². The lowest BCUT2D eigenvalue weighted by Crippen LogP contribution is -2.10. The molecular formula is C22H30. The van der Waals surface area contributed by atoms with Crippen molar-refractivity contribution in [3.63, 3.8) is 0 Å². The summed E-state index contributed by atoms with van der Waals surface area (Å²) in [6.45, 7) is 4.67. The zero-order valence-electron chi connectivity index (χ0n) is 14.3. The van der Waals surface area contributed by atoms with Gasteiger partial charge in [0, 0.05) is 0 Å². The second-order valence-electron chi connectivity index (χ2n) is 7.35. The van der Waals surface area contributed by atoms with Gasteiger partial charge >= 0.3 is 0 Å². The van der Waals surface area contributed by atoms with Crippen molar-refractivity contribution in [1.82, 2.24) is 0 Å². The van der Waals surface area contributed by atoms with Crippen LogP contribution in [-0.4, -0.2) is 0 Å². The monoisotopic (exact) mass is 294 g/mol. The van der Waals surface area contributed by atoms with Crippen LogP contribution in [0.25, 0.3) is 10.8 Å². The molecule has 0 aliphatic heterocycles. The van der Waals surface area contributed by atoms with Gasteiger partial charge in [-0.05, 0) is 59.4 Å². The Kier molecular flexibility index (Phi) is 5.18. The maximum atomic E-state index is 2.45. The van der Waals surface area contributed by atoms with Crippen molar-refractivity contribution in [2.75, 3.05) is 0 Å². The molecule has 0 nitrogen and oxygen atoms in total. The summed E-state index contributed by atoms with van der Waals surface area (Å²) in [4.78, 5) is 0. The van der Waals surface area contributed by atoms with Crippen molar-refractivity contribution in [2.24, 2.45) is 5.92 Å². The fraction of sp³-hybridized carbons (Fsp3) is 0.545. The predicted octanol–water partition coefficient (Wildman–Crippen LogP) is 6.87. The van der Waals surface area contributed by atoms with Gasteiger partial charge in [0.05, 0.1) is 0 Å².